The van der Waals surface area contributed by atoms with Gasteiger partial charge in [-0.3, -0.25) is 4.79 Å². The standard InChI is InChI=1S/C11H15OS.BF4/c1-13(2)11(9-12)8-10-6-4-3-5-7-10;2-1(3,4)5/h3-7,9,11H,8H2,1-2H3;/q+1;-1. The summed E-state index contributed by atoms with van der Waals surface area (Å²) < 4.78 is 39.0. The van der Waals surface area contributed by atoms with E-state index in [-0.39, 0.29) is 16.1 Å². The lowest BCUT2D eigenvalue weighted by atomic mass is 10.1. The second-order valence-corrected chi connectivity index (χ2v) is 6.10. The molecular formula is C11H15BF4OS. The van der Waals surface area contributed by atoms with E-state index in [2.05, 4.69) is 24.6 Å². The average molecular weight is 282 g/mol. The van der Waals surface area contributed by atoms with Gasteiger partial charge in [-0.1, -0.05) is 30.3 Å². The van der Waals surface area contributed by atoms with Gasteiger partial charge < -0.3 is 17.3 Å². The first kappa shape index (κ1) is 17.0. The summed E-state index contributed by atoms with van der Waals surface area (Å²) in [7, 11) is -5.82. The van der Waals surface area contributed by atoms with E-state index < -0.39 is 7.25 Å². The molecule has 0 radical (unpaired) electrons. The van der Waals surface area contributed by atoms with E-state index in [9.17, 15) is 22.1 Å². The summed E-state index contributed by atoms with van der Waals surface area (Å²) in [4.78, 5) is 10.8. The number of halogens is 4. The molecule has 1 rings (SSSR count). The molecule has 0 saturated heterocycles. The van der Waals surface area contributed by atoms with Gasteiger partial charge in [0.25, 0.3) is 0 Å². The molecule has 0 heterocycles. The molecule has 1 aromatic carbocycles. The molecule has 0 aliphatic rings. The monoisotopic (exact) mass is 282 g/mol. The van der Waals surface area contributed by atoms with E-state index >= 15 is 0 Å². The maximum absolute atomic E-state index is 10.8. The van der Waals surface area contributed by atoms with Crippen LogP contribution in [0.1, 0.15) is 5.56 Å². The van der Waals surface area contributed by atoms with Crippen molar-refractivity contribution in [3.63, 3.8) is 0 Å². The Kier molecular flexibility index (Phi) is 7.74. The minimum absolute atomic E-state index is 0.178. The van der Waals surface area contributed by atoms with Gasteiger partial charge in [-0.15, -0.1) is 0 Å². The number of benzene rings is 1. The van der Waals surface area contributed by atoms with Crippen molar-refractivity contribution in [3.05, 3.63) is 35.9 Å². The summed E-state index contributed by atoms with van der Waals surface area (Å²) in [5.41, 5.74) is 1.25. The smallest absolute Gasteiger partial charge is 0.418 e. The summed E-state index contributed by atoms with van der Waals surface area (Å²) in [5.74, 6) is 0. The number of hydrogen-bond acceptors (Lipinski definition) is 1. The maximum atomic E-state index is 10.8. The number of carbonyl (C=O) groups excluding carboxylic acids is 1. The highest BCUT2D eigenvalue weighted by Gasteiger charge is 2.21. The minimum atomic E-state index is -6.00. The molecule has 1 atom stereocenters. The molecule has 1 nitrogen and oxygen atoms in total. The van der Waals surface area contributed by atoms with Gasteiger partial charge in [0.15, 0.2) is 11.5 Å². The molecule has 1 aromatic rings. The lowest BCUT2D eigenvalue weighted by Gasteiger charge is -2.06. The largest absolute Gasteiger partial charge is 0.673 e. The van der Waals surface area contributed by atoms with Crippen LogP contribution in [0, 0.1) is 0 Å². The molecule has 0 bridgehead atoms. The van der Waals surface area contributed by atoms with Gasteiger partial charge in [0.05, 0.1) is 12.5 Å². The zero-order valence-corrected chi connectivity index (χ0v) is 11.0. The Bertz CT molecular complexity index is 337. The molecule has 18 heavy (non-hydrogen) atoms. The van der Waals surface area contributed by atoms with Crippen molar-refractivity contribution in [2.45, 2.75) is 11.7 Å². The molecule has 0 aliphatic heterocycles. The van der Waals surface area contributed by atoms with Gasteiger partial charge in [0.2, 0.25) is 0 Å². The molecule has 0 amide bonds. The number of carbonyl (C=O) groups is 1. The molecule has 0 saturated carbocycles. The first-order valence-corrected chi connectivity index (χ1v) is 7.27. The van der Waals surface area contributed by atoms with Crippen LogP contribution in [0.3, 0.4) is 0 Å². The first-order valence-electron chi connectivity index (χ1n) is 5.17. The molecule has 7 heteroatoms. The fraction of sp³-hybridized carbons (Fsp3) is 0.364. The van der Waals surface area contributed by atoms with Crippen LogP contribution in [0.4, 0.5) is 17.3 Å². The van der Waals surface area contributed by atoms with Gasteiger partial charge in [0, 0.05) is 6.42 Å². The van der Waals surface area contributed by atoms with E-state index in [0.29, 0.717) is 0 Å². The quantitative estimate of drug-likeness (QED) is 0.359. The Morgan fingerprint density at radius 1 is 1.17 bits per heavy atom. The number of aldehydes is 1. The van der Waals surface area contributed by atoms with Crippen molar-refractivity contribution < 1.29 is 22.1 Å². The Hall–Kier alpha value is -0.975. The van der Waals surface area contributed by atoms with Crippen molar-refractivity contribution in [2.75, 3.05) is 12.5 Å². The normalized spacial score (nSPS) is 12.6. The van der Waals surface area contributed by atoms with Gasteiger partial charge in [0.1, 0.15) is 0 Å². The minimum Gasteiger partial charge on any atom is -0.418 e. The summed E-state index contributed by atoms with van der Waals surface area (Å²) in [5, 5.41) is 0.183. The SMILES string of the molecule is C[S+](C)C(C=O)Cc1ccccc1.F[B-](F)(F)F. The Morgan fingerprint density at radius 2 is 1.61 bits per heavy atom. The van der Waals surface area contributed by atoms with Crippen molar-refractivity contribution in [1.29, 1.82) is 0 Å². The lowest BCUT2D eigenvalue weighted by molar-refractivity contribution is -0.107. The zero-order chi connectivity index (χ0) is 14.2. The fourth-order valence-corrected chi connectivity index (χ4v) is 1.92. The van der Waals surface area contributed by atoms with Gasteiger partial charge >= 0.3 is 7.25 Å². The van der Waals surface area contributed by atoms with Gasteiger partial charge in [-0.05, 0) is 16.5 Å². The summed E-state index contributed by atoms with van der Waals surface area (Å²) in [6, 6.07) is 10.2. The van der Waals surface area contributed by atoms with E-state index in [1.807, 2.05) is 18.2 Å². The Balaban J connectivity index is 0.000000494. The number of hydrogen-bond donors (Lipinski definition) is 0. The number of rotatable bonds is 4. The first-order chi connectivity index (χ1) is 8.24. The lowest BCUT2D eigenvalue weighted by Crippen LogP contribution is -2.23. The van der Waals surface area contributed by atoms with E-state index in [4.69, 9.17) is 0 Å². The summed E-state index contributed by atoms with van der Waals surface area (Å²) in [6.45, 7) is 0. The third-order valence-electron chi connectivity index (χ3n) is 2.04. The highest BCUT2D eigenvalue weighted by molar-refractivity contribution is 7.96. The van der Waals surface area contributed by atoms with Gasteiger partial charge in [-0.2, -0.15) is 0 Å². The van der Waals surface area contributed by atoms with Crippen LogP contribution in [0.25, 0.3) is 0 Å². The molecule has 1 unspecified atom stereocenters. The van der Waals surface area contributed by atoms with Crippen LogP contribution in [0.5, 0.6) is 0 Å². The highest BCUT2D eigenvalue weighted by atomic mass is 32.2. The zero-order valence-electron chi connectivity index (χ0n) is 10.2. The molecule has 0 aliphatic carbocycles. The predicted molar refractivity (Wildman–Crippen MR) is 69.4 cm³/mol. The third-order valence-corrected chi connectivity index (χ3v) is 3.53. The average Bonchev–Trinajstić information content (AvgIpc) is 2.24. The molecular weight excluding hydrogens is 267 g/mol. The molecule has 0 aromatic heterocycles. The second-order valence-electron chi connectivity index (χ2n) is 3.74. The van der Waals surface area contributed by atoms with Crippen LogP contribution in [-0.4, -0.2) is 31.3 Å². The van der Waals surface area contributed by atoms with Crippen molar-refractivity contribution in [3.8, 4) is 0 Å². The maximum Gasteiger partial charge on any atom is 0.673 e. The van der Waals surface area contributed by atoms with E-state index in [1.54, 1.807) is 0 Å². The predicted octanol–water partition coefficient (Wildman–Crippen LogP) is 2.97. The van der Waals surface area contributed by atoms with Crippen molar-refractivity contribution in [2.24, 2.45) is 0 Å². The van der Waals surface area contributed by atoms with Crippen molar-refractivity contribution >= 4 is 24.4 Å². The molecule has 0 N–H and O–H groups in total. The summed E-state index contributed by atoms with van der Waals surface area (Å²) in [6.07, 6.45) is 6.18. The molecule has 0 fully saturated rings. The molecule has 102 valence electrons. The Labute approximate surface area is 107 Å². The summed E-state index contributed by atoms with van der Waals surface area (Å²) >= 11 is 0. The van der Waals surface area contributed by atoms with E-state index in [1.165, 1.54) is 5.56 Å². The fourth-order valence-electron chi connectivity index (χ4n) is 1.17. The van der Waals surface area contributed by atoms with E-state index in [0.717, 1.165) is 12.7 Å². The van der Waals surface area contributed by atoms with Crippen LogP contribution >= 0.6 is 0 Å². The highest BCUT2D eigenvalue weighted by Crippen LogP contribution is 2.07. The molecule has 0 spiro atoms. The second kappa shape index (κ2) is 8.18. The Morgan fingerprint density at radius 3 is 1.94 bits per heavy atom. The van der Waals surface area contributed by atoms with Crippen LogP contribution in [-0.2, 0) is 22.1 Å². The van der Waals surface area contributed by atoms with Crippen LogP contribution in [0.15, 0.2) is 30.3 Å². The van der Waals surface area contributed by atoms with Crippen LogP contribution in [0.2, 0.25) is 0 Å². The van der Waals surface area contributed by atoms with Crippen LogP contribution < -0.4 is 0 Å². The topological polar surface area (TPSA) is 17.1 Å². The third kappa shape index (κ3) is 10.2. The van der Waals surface area contributed by atoms with Crippen molar-refractivity contribution in [1.82, 2.24) is 0 Å². The van der Waals surface area contributed by atoms with Gasteiger partial charge in [-0.25, -0.2) is 0 Å².